The summed E-state index contributed by atoms with van der Waals surface area (Å²) in [6.45, 7) is 5.49. The minimum absolute atomic E-state index is 0.0140. The van der Waals surface area contributed by atoms with Crippen LogP contribution in [0.1, 0.15) is 35.4 Å². The van der Waals surface area contributed by atoms with E-state index in [4.69, 9.17) is 10.5 Å². The molecule has 0 radical (unpaired) electrons. The highest BCUT2D eigenvalue weighted by molar-refractivity contribution is 7.89. The number of ether oxygens (including phenoxy) is 1. The highest BCUT2D eigenvalue weighted by Crippen LogP contribution is 2.31. The Bertz CT molecular complexity index is 1080. The van der Waals surface area contributed by atoms with Crippen LogP contribution in [-0.2, 0) is 26.2 Å². The van der Waals surface area contributed by atoms with Crippen LogP contribution in [-0.4, -0.2) is 60.3 Å². The van der Waals surface area contributed by atoms with Crippen LogP contribution in [0.4, 0.5) is 11.9 Å². The number of aromatic nitrogens is 3. The first-order valence-electron chi connectivity index (χ1n) is 9.94. The Morgan fingerprint density at radius 3 is 2.45 bits per heavy atom. The number of benzene rings is 1. The molecule has 2 N–H and O–H groups in total. The molecule has 31 heavy (non-hydrogen) atoms. The van der Waals surface area contributed by atoms with E-state index in [0.717, 1.165) is 5.56 Å². The molecule has 2 aromatic rings. The van der Waals surface area contributed by atoms with E-state index in [0.29, 0.717) is 29.9 Å². The van der Waals surface area contributed by atoms with E-state index in [-0.39, 0.29) is 29.8 Å². The molecule has 11 heteroatoms. The summed E-state index contributed by atoms with van der Waals surface area (Å²) >= 11 is 0. The van der Waals surface area contributed by atoms with Crippen molar-refractivity contribution in [1.29, 1.82) is 0 Å². The van der Waals surface area contributed by atoms with Crippen molar-refractivity contribution in [2.45, 2.75) is 51.2 Å². The summed E-state index contributed by atoms with van der Waals surface area (Å²) in [4.78, 5) is 26.9. The fourth-order valence-electron chi connectivity index (χ4n) is 3.88. The second-order valence-corrected chi connectivity index (χ2v) is 9.74. The van der Waals surface area contributed by atoms with Gasteiger partial charge in [0.25, 0.3) is 0 Å². The van der Waals surface area contributed by atoms with Crippen molar-refractivity contribution in [3.63, 3.8) is 0 Å². The third-order valence-electron chi connectivity index (χ3n) is 5.08. The van der Waals surface area contributed by atoms with E-state index >= 15 is 0 Å². The smallest absolute Gasteiger partial charge is 0.324 e. The van der Waals surface area contributed by atoms with Crippen molar-refractivity contribution >= 4 is 27.9 Å². The normalized spacial score (nSPS) is 17.0. The van der Waals surface area contributed by atoms with Gasteiger partial charge in [0.2, 0.25) is 21.9 Å². The van der Waals surface area contributed by atoms with Crippen LogP contribution in [0.5, 0.6) is 0 Å². The first-order valence-corrected chi connectivity index (χ1v) is 11.4. The molecule has 1 atom stereocenters. The first kappa shape index (κ1) is 22.9. The Balaban J connectivity index is 1.80. The largest absolute Gasteiger partial charge is 0.456 e. The second-order valence-electron chi connectivity index (χ2n) is 7.91. The lowest BCUT2D eigenvalue weighted by atomic mass is 10.1. The van der Waals surface area contributed by atoms with Gasteiger partial charge in [0.1, 0.15) is 6.04 Å². The molecule has 1 aromatic heterocycles. The van der Waals surface area contributed by atoms with Crippen LogP contribution in [0.2, 0.25) is 0 Å². The number of hydrogen-bond donors (Lipinski definition) is 1. The zero-order valence-corrected chi connectivity index (χ0v) is 19.2. The van der Waals surface area contributed by atoms with Gasteiger partial charge in [-0.25, -0.2) is 8.42 Å². The minimum atomic E-state index is -3.85. The van der Waals surface area contributed by atoms with Gasteiger partial charge in [-0.1, -0.05) is 17.7 Å². The average molecular weight is 449 g/mol. The zero-order chi connectivity index (χ0) is 22.9. The Labute approximate surface area is 182 Å². The molecule has 1 unspecified atom stereocenters. The summed E-state index contributed by atoms with van der Waals surface area (Å²) in [5, 5.41) is 0. The molecule has 1 aliphatic rings. The van der Waals surface area contributed by atoms with Crippen molar-refractivity contribution in [3.8, 4) is 0 Å². The molecule has 1 aromatic carbocycles. The monoisotopic (exact) mass is 448 g/mol. The lowest BCUT2D eigenvalue weighted by Gasteiger charge is -2.24. The van der Waals surface area contributed by atoms with Crippen molar-refractivity contribution in [3.05, 3.63) is 34.6 Å². The molecule has 0 amide bonds. The first-order chi connectivity index (χ1) is 14.5. The number of aryl methyl sites for hydroxylation is 3. The summed E-state index contributed by atoms with van der Waals surface area (Å²) in [7, 11) is -0.352. The molecule has 0 saturated carbocycles. The zero-order valence-electron chi connectivity index (χ0n) is 18.4. The van der Waals surface area contributed by atoms with E-state index in [1.54, 1.807) is 32.8 Å². The minimum Gasteiger partial charge on any atom is -0.456 e. The number of sulfonamides is 1. The SMILES string of the molecule is Cc1cc(C)c(S(=O)(=O)N2CCCC2C(=O)OCc2nc(N)nc(N(C)C)n2)c(C)c1. The summed E-state index contributed by atoms with van der Waals surface area (Å²) < 4.78 is 33.4. The number of esters is 1. The maximum atomic E-state index is 13.4. The fraction of sp³-hybridized carbons (Fsp3) is 0.500. The molecule has 1 saturated heterocycles. The number of carbonyl (C=O) groups excluding carboxylic acids is 1. The van der Waals surface area contributed by atoms with Crippen molar-refractivity contribution in [2.24, 2.45) is 0 Å². The third kappa shape index (κ3) is 4.77. The van der Waals surface area contributed by atoms with Crippen LogP contribution in [0.3, 0.4) is 0 Å². The molecule has 168 valence electrons. The average Bonchev–Trinajstić information content (AvgIpc) is 3.15. The Hall–Kier alpha value is -2.79. The molecule has 0 spiro atoms. The molecule has 2 heterocycles. The lowest BCUT2D eigenvalue weighted by Crippen LogP contribution is -2.41. The Morgan fingerprint density at radius 1 is 1.19 bits per heavy atom. The van der Waals surface area contributed by atoms with E-state index < -0.39 is 22.0 Å². The van der Waals surface area contributed by atoms with Gasteiger partial charge in [-0.2, -0.15) is 19.3 Å². The number of nitrogens with two attached hydrogens (primary N) is 1. The van der Waals surface area contributed by atoms with Gasteiger partial charge < -0.3 is 15.4 Å². The Kier molecular flexibility index (Phi) is 6.46. The number of nitrogens with zero attached hydrogens (tertiary/aromatic N) is 5. The predicted octanol–water partition coefficient (Wildman–Crippen LogP) is 1.34. The molecular weight excluding hydrogens is 420 g/mol. The van der Waals surface area contributed by atoms with Crippen molar-refractivity contribution < 1.29 is 17.9 Å². The van der Waals surface area contributed by atoms with Gasteiger partial charge >= 0.3 is 5.97 Å². The number of anilines is 2. The van der Waals surface area contributed by atoms with Crippen LogP contribution >= 0.6 is 0 Å². The summed E-state index contributed by atoms with van der Waals surface area (Å²) in [5.74, 6) is -0.0786. The van der Waals surface area contributed by atoms with Crippen LogP contribution < -0.4 is 10.6 Å². The predicted molar refractivity (Wildman–Crippen MR) is 116 cm³/mol. The number of rotatable bonds is 6. The molecular formula is C20H28N6O4S. The standard InChI is InChI=1S/C20H28N6O4S/c1-12-9-13(2)17(14(3)10-12)31(28,29)26-8-6-7-15(26)18(27)30-11-16-22-19(21)24-20(23-16)25(4)5/h9-10,15H,6-8,11H2,1-5H3,(H2,21,22,23,24). The van der Waals surface area contributed by atoms with E-state index in [1.165, 1.54) is 4.31 Å². The van der Waals surface area contributed by atoms with E-state index in [1.807, 2.05) is 19.1 Å². The quantitative estimate of drug-likeness (QED) is 0.650. The molecule has 0 bridgehead atoms. The highest BCUT2D eigenvalue weighted by Gasteiger charge is 2.41. The molecule has 3 rings (SSSR count). The van der Waals surface area contributed by atoms with Gasteiger partial charge in [0, 0.05) is 20.6 Å². The maximum Gasteiger partial charge on any atom is 0.324 e. The molecule has 1 fully saturated rings. The molecule has 0 aliphatic carbocycles. The summed E-state index contributed by atoms with van der Waals surface area (Å²) in [6, 6.07) is 2.77. The topological polar surface area (TPSA) is 132 Å². The Morgan fingerprint density at radius 2 is 1.84 bits per heavy atom. The van der Waals surface area contributed by atoms with Gasteiger partial charge in [0.05, 0.1) is 4.90 Å². The lowest BCUT2D eigenvalue weighted by molar-refractivity contribution is -0.149. The number of carbonyl (C=O) groups is 1. The number of hydrogen-bond acceptors (Lipinski definition) is 9. The van der Waals surface area contributed by atoms with Crippen molar-refractivity contribution in [1.82, 2.24) is 19.3 Å². The second kappa shape index (κ2) is 8.75. The molecule has 10 nitrogen and oxygen atoms in total. The van der Waals surface area contributed by atoms with Crippen LogP contribution in [0.15, 0.2) is 17.0 Å². The number of nitrogen functional groups attached to an aromatic ring is 1. The van der Waals surface area contributed by atoms with Gasteiger partial charge in [-0.3, -0.25) is 4.79 Å². The van der Waals surface area contributed by atoms with Gasteiger partial charge in [-0.05, 0) is 44.7 Å². The summed E-state index contributed by atoms with van der Waals surface area (Å²) in [6.07, 6.45) is 0.969. The maximum absolute atomic E-state index is 13.4. The van der Waals surface area contributed by atoms with E-state index in [2.05, 4.69) is 15.0 Å². The summed E-state index contributed by atoms with van der Waals surface area (Å²) in [5.41, 5.74) is 8.00. The molecule has 1 aliphatic heterocycles. The van der Waals surface area contributed by atoms with Crippen molar-refractivity contribution in [2.75, 3.05) is 31.3 Å². The fourth-order valence-corrected chi connectivity index (χ4v) is 5.94. The van der Waals surface area contributed by atoms with Crippen LogP contribution in [0, 0.1) is 20.8 Å². The van der Waals surface area contributed by atoms with E-state index in [9.17, 15) is 13.2 Å². The highest BCUT2D eigenvalue weighted by atomic mass is 32.2. The third-order valence-corrected chi connectivity index (χ3v) is 7.29. The van der Waals surface area contributed by atoms with Crippen LogP contribution in [0.25, 0.3) is 0 Å². The van der Waals surface area contributed by atoms with Gasteiger partial charge in [0.15, 0.2) is 12.4 Å². The van der Waals surface area contributed by atoms with Gasteiger partial charge in [-0.15, -0.1) is 0 Å².